The third-order valence-electron chi connectivity index (χ3n) is 3.81. The summed E-state index contributed by atoms with van der Waals surface area (Å²) in [5, 5.41) is 10.3. The smallest absolute Gasteiger partial charge is 0.125 e. The average molecular weight is 248 g/mol. The van der Waals surface area contributed by atoms with Crippen LogP contribution in [0.5, 0.6) is 5.75 Å². The summed E-state index contributed by atoms with van der Waals surface area (Å²) in [7, 11) is 0. The van der Waals surface area contributed by atoms with Crippen molar-refractivity contribution in [3.8, 4) is 5.75 Å². The minimum absolute atomic E-state index is 0.211. The largest absolute Gasteiger partial charge is 0.487 e. The first-order valence-electron chi connectivity index (χ1n) is 7.02. The van der Waals surface area contributed by atoms with Crippen molar-refractivity contribution in [3.63, 3.8) is 0 Å². The highest BCUT2D eigenvalue weighted by atomic mass is 16.5. The van der Waals surface area contributed by atoms with Crippen molar-refractivity contribution in [1.82, 2.24) is 0 Å². The lowest BCUT2D eigenvalue weighted by molar-refractivity contribution is -0.00847. The Morgan fingerprint density at radius 1 is 1.39 bits per heavy atom. The van der Waals surface area contributed by atoms with E-state index in [1.165, 1.54) is 24.8 Å². The van der Waals surface area contributed by atoms with Gasteiger partial charge in [0, 0.05) is 12.0 Å². The van der Waals surface area contributed by atoms with Crippen LogP contribution in [0.15, 0.2) is 18.2 Å². The van der Waals surface area contributed by atoms with Crippen molar-refractivity contribution >= 4 is 0 Å². The Bertz CT molecular complexity index is 414. The van der Waals surface area contributed by atoms with E-state index in [2.05, 4.69) is 13.8 Å². The van der Waals surface area contributed by atoms with Crippen molar-refractivity contribution in [3.05, 3.63) is 29.3 Å². The normalized spacial score (nSPS) is 26.6. The van der Waals surface area contributed by atoms with Gasteiger partial charge in [0.1, 0.15) is 11.4 Å². The molecule has 0 radical (unpaired) electrons. The van der Waals surface area contributed by atoms with E-state index < -0.39 is 0 Å². The van der Waals surface area contributed by atoms with E-state index in [0.717, 1.165) is 17.7 Å². The first-order chi connectivity index (χ1) is 8.54. The number of ether oxygens (including phenoxy) is 1. The molecule has 1 aromatic rings. The van der Waals surface area contributed by atoms with Gasteiger partial charge in [0.15, 0.2) is 0 Å². The molecule has 2 rings (SSSR count). The first kappa shape index (κ1) is 13.4. The highest BCUT2D eigenvalue weighted by molar-refractivity contribution is 5.40. The van der Waals surface area contributed by atoms with Crippen LogP contribution in [0.3, 0.4) is 0 Å². The van der Waals surface area contributed by atoms with Gasteiger partial charge in [-0.25, -0.2) is 0 Å². The maximum absolute atomic E-state index is 10.3. The fourth-order valence-corrected chi connectivity index (χ4v) is 2.75. The van der Waals surface area contributed by atoms with Gasteiger partial charge < -0.3 is 9.84 Å². The average Bonchev–Trinajstić information content (AvgIpc) is 2.31. The number of aliphatic hydroxyl groups excluding tert-OH is 1. The Morgan fingerprint density at radius 2 is 2.17 bits per heavy atom. The van der Waals surface area contributed by atoms with Crippen molar-refractivity contribution in [2.75, 3.05) is 0 Å². The molecule has 0 aromatic heterocycles. The molecule has 1 aromatic carbocycles. The number of fused-ring (bicyclic) bond motifs is 1. The Kier molecular flexibility index (Phi) is 3.96. The molecule has 1 N–H and O–H groups in total. The lowest BCUT2D eigenvalue weighted by atomic mass is 9.86. The minimum Gasteiger partial charge on any atom is -0.487 e. The highest BCUT2D eigenvalue weighted by Crippen LogP contribution is 2.41. The molecule has 2 atom stereocenters. The van der Waals surface area contributed by atoms with Gasteiger partial charge in [0.05, 0.1) is 6.10 Å². The van der Waals surface area contributed by atoms with Gasteiger partial charge in [-0.3, -0.25) is 0 Å². The monoisotopic (exact) mass is 248 g/mol. The van der Waals surface area contributed by atoms with Gasteiger partial charge in [0.25, 0.3) is 0 Å². The zero-order valence-electron chi connectivity index (χ0n) is 11.7. The third-order valence-corrected chi connectivity index (χ3v) is 3.81. The van der Waals surface area contributed by atoms with Crippen molar-refractivity contribution in [2.45, 2.75) is 64.6 Å². The molecule has 0 saturated carbocycles. The van der Waals surface area contributed by atoms with Crippen LogP contribution in [0.25, 0.3) is 0 Å². The van der Waals surface area contributed by atoms with E-state index in [-0.39, 0.29) is 11.7 Å². The molecule has 18 heavy (non-hydrogen) atoms. The molecule has 1 heterocycles. The first-order valence-corrected chi connectivity index (χ1v) is 7.02. The SMILES string of the molecule is CCCCCC1(C)CC(O)c2cc(C)ccc2O1. The van der Waals surface area contributed by atoms with Gasteiger partial charge >= 0.3 is 0 Å². The van der Waals surface area contributed by atoms with Crippen molar-refractivity contribution in [1.29, 1.82) is 0 Å². The summed E-state index contributed by atoms with van der Waals surface area (Å²) in [6.07, 6.45) is 4.95. The number of aryl methyl sites for hydroxylation is 1. The fourth-order valence-electron chi connectivity index (χ4n) is 2.75. The minimum atomic E-state index is -0.389. The number of benzene rings is 1. The molecule has 100 valence electrons. The summed E-state index contributed by atoms with van der Waals surface area (Å²) in [5.41, 5.74) is 1.91. The van der Waals surface area contributed by atoms with Crippen LogP contribution in [0.1, 0.15) is 63.2 Å². The van der Waals surface area contributed by atoms with Gasteiger partial charge in [0.2, 0.25) is 0 Å². The highest BCUT2D eigenvalue weighted by Gasteiger charge is 2.35. The summed E-state index contributed by atoms with van der Waals surface area (Å²) < 4.78 is 6.13. The molecule has 1 aliphatic heterocycles. The number of hydrogen-bond donors (Lipinski definition) is 1. The lowest BCUT2D eigenvalue weighted by Crippen LogP contribution is -2.38. The van der Waals surface area contributed by atoms with Crippen molar-refractivity contribution < 1.29 is 9.84 Å². The van der Waals surface area contributed by atoms with Gasteiger partial charge in [-0.1, -0.05) is 31.4 Å². The molecule has 0 spiro atoms. The molecule has 1 aliphatic rings. The van der Waals surface area contributed by atoms with Gasteiger partial charge in [-0.05, 0) is 38.8 Å². The van der Waals surface area contributed by atoms with Gasteiger partial charge in [-0.2, -0.15) is 0 Å². The summed E-state index contributed by atoms with van der Waals surface area (Å²) in [5.74, 6) is 0.860. The van der Waals surface area contributed by atoms with Crippen LogP contribution < -0.4 is 4.74 Å². The molecule has 0 fully saturated rings. The molecule has 0 saturated heterocycles. The zero-order chi connectivity index (χ0) is 13.2. The van der Waals surface area contributed by atoms with E-state index in [9.17, 15) is 5.11 Å². The van der Waals surface area contributed by atoms with E-state index in [0.29, 0.717) is 6.42 Å². The van der Waals surface area contributed by atoms with Crippen molar-refractivity contribution in [2.24, 2.45) is 0 Å². The lowest BCUT2D eigenvalue weighted by Gasteiger charge is -2.38. The third kappa shape index (κ3) is 2.86. The standard InChI is InChI=1S/C16H24O2/c1-4-5-6-9-16(3)11-14(17)13-10-12(2)7-8-15(13)18-16/h7-8,10,14,17H,4-6,9,11H2,1-3H3. The number of aliphatic hydroxyl groups is 1. The number of rotatable bonds is 4. The maximum Gasteiger partial charge on any atom is 0.125 e. The fraction of sp³-hybridized carbons (Fsp3) is 0.625. The maximum atomic E-state index is 10.3. The quantitative estimate of drug-likeness (QED) is 0.811. The molecule has 2 unspecified atom stereocenters. The molecule has 2 heteroatoms. The molecule has 0 bridgehead atoms. The predicted molar refractivity (Wildman–Crippen MR) is 73.9 cm³/mol. The predicted octanol–water partition coefficient (Wildman–Crippen LogP) is 4.15. The molecule has 0 amide bonds. The Labute approximate surface area is 110 Å². The summed E-state index contributed by atoms with van der Waals surface area (Å²) in [6, 6.07) is 6.07. The van der Waals surface area contributed by atoms with E-state index in [1.54, 1.807) is 0 Å². The van der Waals surface area contributed by atoms with E-state index in [4.69, 9.17) is 4.74 Å². The van der Waals surface area contributed by atoms with Crippen LogP contribution in [0.2, 0.25) is 0 Å². The van der Waals surface area contributed by atoms with E-state index in [1.807, 2.05) is 25.1 Å². The summed E-state index contributed by atoms with van der Waals surface area (Å²) >= 11 is 0. The van der Waals surface area contributed by atoms with Gasteiger partial charge in [-0.15, -0.1) is 0 Å². The summed E-state index contributed by atoms with van der Waals surface area (Å²) in [4.78, 5) is 0. The Morgan fingerprint density at radius 3 is 2.89 bits per heavy atom. The number of unbranched alkanes of at least 4 members (excludes halogenated alkanes) is 2. The Balaban J connectivity index is 2.14. The number of hydrogen-bond acceptors (Lipinski definition) is 2. The zero-order valence-corrected chi connectivity index (χ0v) is 11.7. The molecule has 0 aliphatic carbocycles. The molecular formula is C16H24O2. The second kappa shape index (κ2) is 5.31. The van der Waals surface area contributed by atoms with E-state index >= 15 is 0 Å². The second-order valence-corrected chi connectivity index (χ2v) is 5.77. The Hall–Kier alpha value is -1.02. The van der Waals surface area contributed by atoms with Crippen LogP contribution in [-0.2, 0) is 0 Å². The van der Waals surface area contributed by atoms with Crippen LogP contribution in [0, 0.1) is 6.92 Å². The van der Waals surface area contributed by atoms with Crippen LogP contribution in [-0.4, -0.2) is 10.7 Å². The molecular weight excluding hydrogens is 224 g/mol. The molecule has 2 nitrogen and oxygen atoms in total. The van der Waals surface area contributed by atoms with Crippen LogP contribution >= 0.6 is 0 Å². The van der Waals surface area contributed by atoms with Crippen LogP contribution in [0.4, 0.5) is 0 Å². The topological polar surface area (TPSA) is 29.5 Å². The second-order valence-electron chi connectivity index (χ2n) is 5.77. The summed E-state index contributed by atoms with van der Waals surface area (Å²) in [6.45, 7) is 6.37.